The summed E-state index contributed by atoms with van der Waals surface area (Å²) in [6.07, 6.45) is 1.73. The number of methoxy groups -OCH3 is 1. The first kappa shape index (κ1) is 12.8. The molecule has 2 aliphatic rings. The summed E-state index contributed by atoms with van der Waals surface area (Å²) < 4.78 is 10.4. The minimum Gasteiger partial charge on any atom is -0.469 e. The molecule has 1 aromatic carbocycles. The van der Waals surface area contributed by atoms with Crippen molar-refractivity contribution in [2.75, 3.05) is 20.7 Å². The van der Waals surface area contributed by atoms with Crippen molar-refractivity contribution in [3.05, 3.63) is 29.5 Å². The summed E-state index contributed by atoms with van der Waals surface area (Å²) in [4.78, 5) is 14.2. The summed E-state index contributed by atoms with van der Waals surface area (Å²) in [5.41, 5.74) is 3.16. The van der Waals surface area contributed by atoms with E-state index in [0.29, 0.717) is 12.0 Å². The molecular weight excluding hydrogens is 268 g/mol. The average Bonchev–Trinajstić information content (AvgIpc) is 2.92. The van der Waals surface area contributed by atoms with Crippen LogP contribution in [0.3, 0.4) is 0 Å². The Kier molecular flexibility index (Phi) is 2.79. The van der Waals surface area contributed by atoms with Gasteiger partial charge in [0.05, 0.1) is 18.7 Å². The zero-order valence-corrected chi connectivity index (χ0v) is 12.2. The largest absolute Gasteiger partial charge is 0.469 e. The summed E-state index contributed by atoms with van der Waals surface area (Å²) in [6, 6.07) is 6.50. The van der Waals surface area contributed by atoms with Crippen LogP contribution in [0, 0.1) is 5.92 Å². The quantitative estimate of drug-likeness (QED) is 0.750. The Morgan fingerprint density at radius 1 is 1.48 bits per heavy atom. The lowest BCUT2D eigenvalue weighted by Crippen LogP contribution is -2.49. The van der Waals surface area contributed by atoms with Crippen molar-refractivity contribution < 1.29 is 14.1 Å². The molecule has 5 nitrogen and oxygen atoms in total. The van der Waals surface area contributed by atoms with Gasteiger partial charge < -0.3 is 14.2 Å². The predicted octanol–water partition coefficient (Wildman–Crippen LogP) is 1.96. The Bertz CT molecular complexity index is 709. The molecule has 1 saturated heterocycles. The first-order chi connectivity index (χ1) is 10.2. The maximum atomic E-state index is 11.9. The monoisotopic (exact) mass is 286 g/mol. The van der Waals surface area contributed by atoms with E-state index < -0.39 is 0 Å². The zero-order chi connectivity index (χ0) is 14.6. The number of benzene rings is 1. The lowest BCUT2D eigenvalue weighted by molar-refractivity contribution is -0.148. The van der Waals surface area contributed by atoms with Gasteiger partial charge in [0.25, 0.3) is 0 Å². The average molecular weight is 286 g/mol. The number of likely N-dealkylation sites (tertiary alicyclic amines) is 1. The SMILES string of the molecule is COC(=O)[C@@H]1C[C@@H]2c3cccc4onc(c34)C[C@H]2N(C)C1. The summed E-state index contributed by atoms with van der Waals surface area (Å²) in [6.45, 7) is 0.747. The van der Waals surface area contributed by atoms with Gasteiger partial charge >= 0.3 is 5.97 Å². The molecule has 1 aliphatic carbocycles. The first-order valence-electron chi connectivity index (χ1n) is 7.34. The van der Waals surface area contributed by atoms with Crippen LogP contribution in [-0.4, -0.2) is 42.8 Å². The highest BCUT2D eigenvalue weighted by Gasteiger charge is 2.42. The summed E-state index contributed by atoms with van der Waals surface area (Å²) >= 11 is 0. The topological polar surface area (TPSA) is 55.6 Å². The highest BCUT2D eigenvalue weighted by molar-refractivity contribution is 5.85. The summed E-state index contributed by atoms with van der Waals surface area (Å²) in [7, 11) is 3.55. The minimum absolute atomic E-state index is 0.0575. The van der Waals surface area contributed by atoms with Gasteiger partial charge in [0, 0.05) is 30.3 Å². The number of carbonyl (C=O) groups is 1. The molecule has 0 bridgehead atoms. The fourth-order valence-corrected chi connectivity index (χ4v) is 4.03. The number of hydrogen-bond acceptors (Lipinski definition) is 5. The molecule has 2 aromatic rings. The minimum atomic E-state index is -0.108. The van der Waals surface area contributed by atoms with Gasteiger partial charge in [0.2, 0.25) is 0 Å². The molecule has 3 atom stereocenters. The third-order valence-electron chi connectivity index (χ3n) is 5.02. The van der Waals surface area contributed by atoms with Gasteiger partial charge in [-0.25, -0.2) is 0 Å². The number of aromatic nitrogens is 1. The third-order valence-corrected chi connectivity index (χ3v) is 5.02. The Hall–Kier alpha value is -1.88. The smallest absolute Gasteiger partial charge is 0.309 e. The van der Waals surface area contributed by atoms with E-state index in [9.17, 15) is 4.79 Å². The normalized spacial score (nSPS) is 28.4. The highest BCUT2D eigenvalue weighted by Crippen LogP contribution is 2.44. The number of likely N-dealkylation sites (N-methyl/N-ethyl adjacent to an activating group) is 1. The number of hydrogen-bond donors (Lipinski definition) is 0. The van der Waals surface area contributed by atoms with Crippen molar-refractivity contribution in [2.24, 2.45) is 5.92 Å². The van der Waals surface area contributed by atoms with Crippen LogP contribution < -0.4 is 0 Å². The van der Waals surface area contributed by atoms with E-state index >= 15 is 0 Å². The first-order valence-corrected chi connectivity index (χ1v) is 7.34. The molecule has 110 valence electrons. The molecule has 0 amide bonds. The summed E-state index contributed by atoms with van der Waals surface area (Å²) in [5.74, 6) is 0.171. The Morgan fingerprint density at radius 2 is 2.33 bits per heavy atom. The number of rotatable bonds is 1. The van der Waals surface area contributed by atoms with E-state index in [1.54, 1.807) is 0 Å². The molecule has 5 heteroatoms. The van der Waals surface area contributed by atoms with Gasteiger partial charge in [-0.3, -0.25) is 4.79 Å². The number of piperidine rings is 1. The second-order valence-electron chi connectivity index (χ2n) is 6.12. The van der Waals surface area contributed by atoms with Crippen molar-refractivity contribution in [3.63, 3.8) is 0 Å². The van der Waals surface area contributed by atoms with Crippen LogP contribution in [0.2, 0.25) is 0 Å². The molecule has 0 N–H and O–H groups in total. The van der Waals surface area contributed by atoms with Crippen LogP contribution in [0.1, 0.15) is 23.6 Å². The van der Waals surface area contributed by atoms with Crippen LogP contribution >= 0.6 is 0 Å². The van der Waals surface area contributed by atoms with Crippen LogP contribution in [0.4, 0.5) is 0 Å². The van der Waals surface area contributed by atoms with Gasteiger partial charge in [-0.15, -0.1) is 0 Å². The standard InChI is InChI=1S/C16H18N2O3/c1-18-8-9(16(19)20-2)6-11-10-4-3-5-14-15(10)12(17-21-14)7-13(11)18/h3-5,9,11,13H,6-8H2,1-2H3/t9-,11-,13-/m1/s1. The predicted molar refractivity (Wildman–Crippen MR) is 77.0 cm³/mol. The molecule has 21 heavy (non-hydrogen) atoms. The molecular formula is C16H18N2O3. The van der Waals surface area contributed by atoms with Gasteiger partial charge in [-0.2, -0.15) is 0 Å². The second-order valence-corrected chi connectivity index (χ2v) is 6.12. The van der Waals surface area contributed by atoms with Gasteiger partial charge in [0.1, 0.15) is 0 Å². The van der Waals surface area contributed by atoms with E-state index in [1.165, 1.54) is 12.7 Å². The van der Waals surface area contributed by atoms with Gasteiger partial charge in [0.15, 0.2) is 5.58 Å². The molecule has 0 saturated carbocycles. The molecule has 0 spiro atoms. The Labute approximate surface area is 122 Å². The van der Waals surface area contributed by atoms with E-state index in [-0.39, 0.29) is 11.9 Å². The maximum absolute atomic E-state index is 11.9. The lowest BCUT2D eigenvalue weighted by atomic mass is 9.73. The van der Waals surface area contributed by atoms with Crippen LogP contribution in [0.25, 0.3) is 11.0 Å². The van der Waals surface area contributed by atoms with Crippen molar-refractivity contribution in [3.8, 4) is 0 Å². The molecule has 2 heterocycles. The Morgan fingerprint density at radius 3 is 3.14 bits per heavy atom. The van der Waals surface area contributed by atoms with Crippen LogP contribution in [0.15, 0.2) is 22.7 Å². The van der Waals surface area contributed by atoms with E-state index in [2.05, 4.69) is 23.2 Å². The molecule has 1 aliphatic heterocycles. The number of fused-ring (bicyclic) bond motifs is 2. The van der Waals surface area contributed by atoms with Crippen molar-refractivity contribution in [1.82, 2.24) is 10.1 Å². The second kappa shape index (κ2) is 4.56. The van der Waals surface area contributed by atoms with Gasteiger partial charge in [-0.05, 0) is 25.1 Å². The number of nitrogens with zero attached hydrogens (tertiary/aromatic N) is 2. The molecule has 0 radical (unpaired) electrons. The van der Waals surface area contributed by atoms with Crippen LogP contribution in [0.5, 0.6) is 0 Å². The molecule has 1 aromatic heterocycles. The van der Waals surface area contributed by atoms with E-state index in [4.69, 9.17) is 9.26 Å². The highest BCUT2D eigenvalue weighted by atomic mass is 16.5. The maximum Gasteiger partial charge on any atom is 0.309 e. The van der Waals surface area contributed by atoms with Crippen molar-refractivity contribution >= 4 is 16.9 Å². The van der Waals surface area contributed by atoms with Crippen molar-refractivity contribution in [2.45, 2.75) is 24.8 Å². The Balaban J connectivity index is 1.79. The number of ether oxygens (including phenoxy) is 1. The zero-order valence-electron chi connectivity index (χ0n) is 12.2. The third kappa shape index (κ3) is 1.80. The number of esters is 1. The molecule has 1 fully saturated rings. The fraction of sp³-hybridized carbons (Fsp3) is 0.500. The van der Waals surface area contributed by atoms with Gasteiger partial charge in [-0.1, -0.05) is 17.3 Å². The molecule has 0 unspecified atom stereocenters. The number of carbonyl (C=O) groups excluding carboxylic acids is 1. The van der Waals surface area contributed by atoms with Crippen molar-refractivity contribution in [1.29, 1.82) is 0 Å². The van der Waals surface area contributed by atoms with Crippen LogP contribution in [-0.2, 0) is 16.0 Å². The summed E-state index contributed by atoms with van der Waals surface area (Å²) in [5, 5.41) is 5.38. The van der Waals surface area contributed by atoms with E-state index in [1.807, 2.05) is 12.1 Å². The van der Waals surface area contributed by atoms with E-state index in [0.717, 1.165) is 36.0 Å². The molecule has 4 rings (SSSR count). The fourth-order valence-electron chi connectivity index (χ4n) is 4.03. The lowest BCUT2D eigenvalue weighted by Gasteiger charge is -2.44.